The summed E-state index contributed by atoms with van der Waals surface area (Å²) in [5, 5.41) is 6.03. The third kappa shape index (κ3) is 2.83. The van der Waals surface area contributed by atoms with Crippen LogP contribution in [0.5, 0.6) is 0 Å². The molecule has 0 atom stereocenters. The van der Waals surface area contributed by atoms with E-state index in [0.29, 0.717) is 10.0 Å². The number of halogens is 2. The third-order valence-electron chi connectivity index (χ3n) is 5.73. The molecule has 0 amide bonds. The van der Waals surface area contributed by atoms with Gasteiger partial charge in [0.25, 0.3) is 0 Å². The molecule has 6 rings (SSSR count). The van der Waals surface area contributed by atoms with Gasteiger partial charge in [-0.05, 0) is 47.2 Å². The molecule has 0 N–H and O–H groups in total. The summed E-state index contributed by atoms with van der Waals surface area (Å²) in [4.78, 5) is 5.17. The molecule has 148 valence electrons. The van der Waals surface area contributed by atoms with E-state index in [1.54, 1.807) is 0 Å². The number of fused-ring (bicyclic) bond motifs is 6. The zero-order valence-electron chi connectivity index (χ0n) is 16.4. The fourth-order valence-corrected chi connectivity index (χ4v) is 4.72. The fraction of sp³-hybridized carbons (Fsp3) is 0. The van der Waals surface area contributed by atoms with Gasteiger partial charge in [-0.2, -0.15) is 0 Å². The first-order chi connectivity index (χ1) is 15.2. The molecular formula is C27H16Cl2N2. The minimum absolute atomic E-state index is 0.668. The first-order valence-electron chi connectivity index (χ1n) is 10.0. The summed E-state index contributed by atoms with van der Waals surface area (Å²) in [5.74, 6) is 0.810. The van der Waals surface area contributed by atoms with E-state index in [1.165, 1.54) is 10.8 Å². The molecule has 5 aromatic carbocycles. The molecular weight excluding hydrogens is 423 g/mol. The monoisotopic (exact) mass is 438 g/mol. The van der Waals surface area contributed by atoms with Gasteiger partial charge in [0, 0.05) is 27.0 Å². The van der Waals surface area contributed by atoms with Crippen LogP contribution in [-0.2, 0) is 0 Å². The maximum atomic E-state index is 6.63. The van der Waals surface area contributed by atoms with Crippen molar-refractivity contribution >= 4 is 55.8 Å². The Hall–Kier alpha value is -3.33. The number of aromatic nitrogens is 2. The van der Waals surface area contributed by atoms with Gasteiger partial charge < -0.3 is 0 Å². The Labute approximate surface area is 189 Å². The Balaban J connectivity index is 1.88. The normalized spacial score (nSPS) is 11.5. The van der Waals surface area contributed by atoms with Crippen LogP contribution >= 0.6 is 23.2 Å². The molecule has 0 saturated heterocycles. The largest absolute Gasteiger partial charge is 0.292 e. The molecule has 1 heterocycles. The third-order valence-corrected chi connectivity index (χ3v) is 6.31. The molecule has 0 aliphatic rings. The van der Waals surface area contributed by atoms with Gasteiger partial charge in [0.15, 0.2) is 0 Å². The molecule has 6 aromatic rings. The van der Waals surface area contributed by atoms with Gasteiger partial charge in [-0.15, -0.1) is 0 Å². The van der Waals surface area contributed by atoms with Gasteiger partial charge in [0.2, 0.25) is 0 Å². The number of rotatable bonds is 2. The molecule has 2 nitrogen and oxygen atoms in total. The predicted molar refractivity (Wildman–Crippen MR) is 132 cm³/mol. The SMILES string of the molecule is Clc1ccc(-n2c(-c3ccccc3Cl)nc3c4ccccc4c4ccccc4c32)cc1. The summed E-state index contributed by atoms with van der Waals surface area (Å²) in [5.41, 5.74) is 3.90. The number of nitrogens with zero attached hydrogens (tertiary/aromatic N) is 2. The van der Waals surface area contributed by atoms with Crippen molar-refractivity contribution in [2.24, 2.45) is 0 Å². The molecule has 4 heteroatoms. The number of hydrogen-bond donors (Lipinski definition) is 0. The highest BCUT2D eigenvalue weighted by Crippen LogP contribution is 2.40. The number of benzene rings is 5. The van der Waals surface area contributed by atoms with Crippen molar-refractivity contribution in [3.8, 4) is 17.1 Å². The summed E-state index contributed by atoms with van der Waals surface area (Å²) in [6.07, 6.45) is 0. The van der Waals surface area contributed by atoms with Crippen LogP contribution < -0.4 is 0 Å². The van der Waals surface area contributed by atoms with Gasteiger partial charge in [-0.1, -0.05) is 83.9 Å². The van der Waals surface area contributed by atoms with Gasteiger partial charge in [0.05, 0.1) is 16.1 Å². The molecule has 0 fully saturated rings. The van der Waals surface area contributed by atoms with E-state index in [4.69, 9.17) is 28.2 Å². The minimum atomic E-state index is 0.668. The standard InChI is InChI=1S/C27H16Cl2N2/c28-17-13-15-18(16-14-17)31-26-22-10-4-2-8-20(22)19-7-1-3-9-21(19)25(26)30-27(31)23-11-5-6-12-24(23)29/h1-16H. The lowest BCUT2D eigenvalue weighted by atomic mass is 10.00. The Bertz CT molecular complexity index is 1600. The number of hydrogen-bond acceptors (Lipinski definition) is 1. The molecule has 0 aliphatic heterocycles. The molecule has 31 heavy (non-hydrogen) atoms. The van der Waals surface area contributed by atoms with Crippen molar-refractivity contribution in [3.05, 3.63) is 107 Å². The fourth-order valence-electron chi connectivity index (χ4n) is 4.37. The Kier molecular flexibility index (Phi) is 4.24. The second-order valence-corrected chi connectivity index (χ2v) is 8.36. The van der Waals surface area contributed by atoms with Crippen molar-refractivity contribution in [1.29, 1.82) is 0 Å². The lowest BCUT2D eigenvalue weighted by Crippen LogP contribution is -1.98. The molecule has 0 bridgehead atoms. The van der Waals surface area contributed by atoms with Crippen LogP contribution in [0.4, 0.5) is 0 Å². The average Bonchev–Trinajstić information content (AvgIpc) is 3.21. The van der Waals surface area contributed by atoms with E-state index in [9.17, 15) is 0 Å². The maximum absolute atomic E-state index is 6.63. The second kappa shape index (κ2) is 7.12. The van der Waals surface area contributed by atoms with Crippen LogP contribution in [0.15, 0.2) is 97.1 Å². The van der Waals surface area contributed by atoms with Crippen LogP contribution in [0, 0.1) is 0 Å². The van der Waals surface area contributed by atoms with Crippen molar-refractivity contribution in [1.82, 2.24) is 9.55 Å². The zero-order chi connectivity index (χ0) is 20.9. The minimum Gasteiger partial charge on any atom is -0.292 e. The highest BCUT2D eigenvalue weighted by molar-refractivity contribution is 6.33. The quantitative estimate of drug-likeness (QED) is 0.248. The van der Waals surface area contributed by atoms with E-state index in [0.717, 1.165) is 38.9 Å². The van der Waals surface area contributed by atoms with Crippen LogP contribution in [0.1, 0.15) is 0 Å². The summed E-state index contributed by atoms with van der Waals surface area (Å²) < 4.78 is 2.20. The van der Waals surface area contributed by atoms with Gasteiger partial charge in [-0.25, -0.2) is 4.98 Å². The Morgan fingerprint density at radius 1 is 0.581 bits per heavy atom. The molecule has 0 saturated carbocycles. The average molecular weight is 439 g/mol. The summed E-state index contributed by atoms with van der Waals surface area (Å²) in [6.45, 7) is 0. The summed E-state index contributed by atoms with van der Waals surface area (Å²) in [7, 11) is 0. The maximum Gasteiger partial charge on any atom is 0.147 e. The second-order valence-electron chi connectivity index (χ2n) is 7.52. The number of imidazole rings is 1. The lowest BCUT2D eigenvalue weighted by molar-refractivity contribution is 1.11. The van der Waals surface area contributed by atoms with E-state index in [-0.39, 0.29) is 0 Å². The molecule has 0 unspecified atom stereocenters. The van der Waals surface area contributed by atoms with E-state index in [2.05, 4.69) is 53.1 Å². The van der Waals surface area contributed by atoms with Gasteiger partial charge in [-0.3, -0.25) is 4.57 Å². The van der Waals surface area contributed by atoms with Crippen molar-refractivity contribution in [2.45, 2.75) is 0 Å². The van der Waals surface area contributed by atoms with Crippen molar-refractivity contribution in [2.75, 3.05) is 0 Å². The topological polar surface area (TPSA) is 17.8 Å². The summed E-state index contributed by atoms with van der Waals surface area (Å²) in [6, 6.07) is 32.6. The molecule has 0 spiro atoms. The molecule has 1 aromatic heterocycles. The van der Waals surface area contributed by atoms with Crippen LogP contribution in [0.3, 0.4) is 0 Å². The van der Waals surface area contributed by atoms with Gasteiger partial charge in [0.1, 0.15) is 5.82 Å². The lowest BCUT2D eigenvalue weighted by Gasteiger charge is -2.13. The van der Waals surface area contributed by atoms with Crippen molar-refractivity contribution in [3.63, 3.8) is 0 Å². The Morgan fingerprint density at radius 3 is 1.87 bits per heavy atom. The van der Waals surface area contributed by atoms with Gasteiger partial charge >= 0.3 is 0 Å². The predicted octanol–water partition coefficient (Wildman–Crippen LogP) is 8.31. The van der Waals surface area contributed by atoms with E-state index in [1.807, 2.05) is 48.5 Å². The van der Waals surface area contributed by atoms with E-state index >= 15 is 0 Å². The van der Waals surface area contributed by atoms with E-state index < -0.39 is 0 Å². The molecule has 0 aliphatic carbocycles. The Morgan fingerprint density at radius 2 is 1.16 bits per heavy atom. The first-order valence-corrected chi connectivity index (χ1v) is 10.8. The highest BCUT2D eigenvalue weighted by Gasteiger charge is 2.20. The summed E-state index contributed by atoms with van der Waals surface area (Å²) >= 11 is 12.8. The zero-order valence-corrected chi connectivity index (χ0v) is 17.9. The highest BCUT2D eigenvalue weighted by atomic mass is 35.5. The van der Waals surface area contributed by atoms with Crippen LogP contribution in [0.25, 0.3) is 49.7 Å². The van der Waals surface area contributed by atoms with Crippen LogP contribution in [0.2, 0.25) is 10.0 Å². The van der Waals surface area contributed by atoms with Crippen molar-refractivity contribution < 1.29 is 0 Å². The van der Waals surface area contributed by atoms with Crippen LogP contribution in [-0.4, -0.2) is 9.55 Å². The smallest absolute Gasteiger partial charge is 0.147 e. The first kappa shape index (κ1) is 18.4. The molecule has 0 radical (unpaired) electrons.